The summed E-state index contributed by atoms with van der Waals surface area (Å²) >= 11 is 18.9. The number of nitrogens with one attached hydrogen (secondary N) is 1. The first-order valence-corrected chi connectivity index (χ1v) is 15.9. The molecule has 0 heterocycles. The lowest BCUT2D eigenvalue weighted by Crippen LogP contribution is -2.52. The number of halogens is 3. The summed E-state index contributed by atoms with van der Waals surface area (Å²) in [6, 6.07) is 16.8. The fraction of sp³-hybridized carbons (Fsp3) is 0.333. The molecule has 1 fully saturated rings. The largest absolute Gasteiger partial charge is 0.352 e. The second kappa shape index (κ2) is 13.5. The van der Waals surface area contributed by atoms with Gasteiger partial charge in [0, 0.05) is 22.6 Å². The summed E-state index contributed by atoms with van der Waals surface area (Å²) in [7, 11) is -4.26. The van der Waals surface area contributed by atoms with E-state index in [0.717, 1.165) is 35.6 Å². The normalized spacial score (nSPS) is 14.5. The summed E-state index contributed by atoms with van der Waals surface area (Å²) < 4.78 is 28.9. The number of carbonyl (C=O) groups excluding carboxylic acids is 2. The Bertz CT molecular complexity index is 1510. The molecular weight excluding hydrogens is 605 g/mol. The van der Waals surface area contributed by atoms with Crippen LogP contribution in [0.25, 0.3) is 0 Å². The van der Waals surface area contributed by atoms with E-state index in [9.17, 15) is 18.0 Å². The average Bonchev–Trinajstić information content (AvgIpc) is 3.44. The van der Waals surface area contributed by atoms with Gasteiger partial charge in [-0.2, -0.15) is 0 Å². The van der Waals surface area contributed by atoms with E-state index >= 15 is 0 Å². The van der Waals surface area contributed by atoms with E-state index in [1.807, 2.05) is 6.92 Å². The summed E-state index contributed by atoms with van der Waals surface area (Å²) in [4.78, 5) is 28.7. The van der Waals surface area contributed by atoms with Crippen molar-refractivity contribution in [1.82, 2.24) is 10.2 Å². The summed E-state index contributed by atoms with van der Waals surface area (Å²) in [5.74, 6) is -0.896. The van der Waals surface area contributed by atoms with Gasteiger partial charge in [-0.1, -0.05) is 77.5 Å². The molecule has 1 atom stereocenters. The third-order valence-electron chi connectivity index (χ3n) is 7.18. The van der Waals surface area contributed by atoms with Gasteiger partial charge in [-0.15, -0.1) is 0 Å². The van der Waals surface area contributed by atoms with Crippen LogP contribution in [0.3, 0.4) is 0 Å². The Morgan fingerprint density at radius 2 is 1.61 bits per heavy atom. The number of aryl methyl sites for hydroxylation is 1. The van der Waals surface area contributed by atoms with Crippen molar-refractivity contribution in [1.29, 1.82) is 0 Å². The van der Waals surface area contributed by atoms with Gasteiger partial charge in [-0.25, -0.2) is 8.42 Å². The van der Waals surface area contributed by atoms with Gasteiger partial charge < -0.3 is 10.2 Å². The van der Waals surface area contributed by atoms with Gasteiger partial charge in [0.05, 0.1) is 15.6 Å². The zero-order valence-corrected chi connectivity index (χ0v) is 25.9. The second-order valence-electron chi connectivity index (χ2n) is 10.2. The smallest absolute Gasteiger partial charge is 0.264 e. The van der Waals surface area contributed by atoms with Gasteiger partial charge in [-0.05, 0) is 74.7 Å². The van der Waals surface area contributed by atoms with Crippen molar-refractivity contribution < 1.29 is 18.0 Å². The lowest BCUT2D eigenvalue weighted by molar-refractivity contribution is -0.139. The minimum absolute atomic E-state index is 0.0136. The lowest BCUT2D eigenvalue weighted by atomic mass is 10.1. The van der Waals surface area contributed by atoms with Crippen LogP contribution in [-0.4, -0.2) is 43.8 Å². The van der Waals surface area contributed by atoms with E-state index in [1.165, 1.54) is 35.2 Å². The van der Waals surface area contributed by atoms with Crippen molar-refractivity contribution in [3.05, 3.63) is 92.9 Å². The molecule has 3 aromatic rings. The van der Waals surface area contributed by atoms with Crippen molar-refractivity contribution in [2.75, 3.05) is 10.8 Å². The van der Waals surface area contributed by atoms with Crippen LogP contribution in [-0.2, 0) is 26.2 Å². The molecule has 7 nitrogen and oxygen atoms in total. The van der Waals surface area contributed by atoms with Crippen molar-refractivity contribution in [2.24, 2.45) is 0 Å². The van der Waals surface area contributed by atoms with Gasteiger partial charge in [0.1, 0.15) is 12.6 Å². The summed E-state index contributed by atoms with van der Waals surface area (Å²) in [5.41, 5.74) is 1.63. The average molecular weight is 637 g/mol. The summed E-state index contributed by atoms with van der Waals surface area (Å²) in [6.07, 6.45) is 3.85. The molecule has 2 amide bonds. The standard InChI is InChI=1S/C30H32Cl3N3O4S/c1-20-10-13-26(14-11-20)41(39,40)36(28-17-24(32)12-15-27(28)33)19-29(37)35(18-22-6-5-7-23(31)16-22)21(2)30(38)34-25-8-3-4-9-25/h5-7,10-17,21,25H,3-4,8-9,18-19H2,1-2H3,(H,34,38)/t21-/m1/s1. The molecule has 1 N–H and O–H groups in total. The molecule has 41 heavy (non-hydrogen) atoms. The number of hydrogen-bond acceptors (Lipinski definition) is 4. The van der Waals surface area contributed by atoms with Crippen LogP contribution in [0.5, 0.6) is 0 Å². The van der Waals surface area contributed by atoms with Crippen LogP contribution in [0, 0.1) is 6.92 Å². The number of benzene rings is 3. The number of hydrogen-bond donors (Lipinski definition) is 1. The SMILES string of the molecule is Cc1ccc(S(=O)(=O)N(CC(=O)N(Cc2cccc(Cl)c2)[C@H](C)C(=O)NC2CCCC2)c2cc(Cl)ccc2Cl)cc1. The number of amides is 2. The third-order valence-corrected chi connectivity index (χ3v) is 9.74. The highest BCUT2D eigenvalue weighted by molar-refractivity contribution is 7.92. The highest BCUT2D eigenvalue weighted by atomic mass is 35.5. The zero-order chi connectivity index (χ0) is 29.7. The highest BCUT2D eigenvalue weighted by Gasteiger charge is 2.34. The number of rotatable bonds is 10. The lowest BCUT2D eigenvalue weighted by Gasteiger charge is -2.32. The monoisotopic (exact) mass is 635 g/mol. The Morgan fingerprint density at radius 3 is 2.27 bits per heavy atom. The molecule has 4 rings (SSSR count). The first-order chi connectivity index (χ1) is 19.5. The first-order valence-electron chi connectivity index (χ1n) is 13.3. The maximum atomic E-state index is 14.1. The molecule has 0 radical (unpaired) electrons. The van der Waals surface area contributed by atoms with Crippen LogP contribution < -0.4 is 9.62 Å². The van der Waals surface area contributed by atoms with Crippen LogP contribution in [0.15, 0.2) is 71.6 Å². The van der Waals surface area contributed by atoms with Gasteiger partial charge in [0.2, 0.25) is 11.8 Å². The molecule has 1 aliphatic carbocycles. The van der Waals surface area contributed by atoms with Crippen molar-refractivity contribution >= 4 is 62.3 Å². The van der Waals surface area contributed by atoms with E-state index in [0.29, 0.717) is 10.6 Å². The number of sulfonamides is 1. The molecule has 11 heteroatoms. The van der Waals surface area contributed by atoms with E-state index < -0.39 is 28.5 Å². The molecule has 218 valence electrons. The molecule has 0 aliphatic heterocycles. The topological polar surface area (TPSA) is 86.8 Å². The molecule has 0 bridgehead atoms. The number of carbonyl (C=O) groups is 2. The van der Waals surface area contributed by atoms with Crippen LogP contribution in [0.1, 0.15) is 43.7 Å². The van der Waals surface area contributed by atoms with E-state index in [1.54, 1.807) is 43.3 Å². The predicted octanol–water partition coefficient (Wildman–Crippen LogP) is 6.63. The Balaban J connectivity index is 1.72. The predicted molar refractivity (Wildman–Crippen MR) is 164 cm³/mol. The molecule has 3 aromatic carbocycles. The van der Waals surface area contributed by atoms with Crippen molar-refractivity contribution in [3.8, 4) is 0 Å². The molecule has 1 aliphatic rings. The second-order valence-corrected chi connectivity index (χ2v) is 13.4. The minimum Gasteiger partial charge on any atom is -0.352 e. The zero-order valence-electron chi connectivity index (χ0n) is 22.8. The van der Waals surface area contributed by atoms with Gasteiger partial charge in [-0.3, -0.25) is 13.9 Å². The van der Waals surface area contributed by atoms with E-state index in [-0.39, 0.29) is 39.1 Å². The Kier molecular flexibility index (Phi) is 10.2. The van der Waals surface area contributed by atoms with Gasteiger partial charge >= 0.3 is 0 Å². The van der Waals surface area contributed by atoms with Gasteiger partial charge in [0.25, 0.3) is 10.0 Å². The number of anilines is 1. The third kappa shape index (κ3) is 7.74. The minimum atomic E-state index is -4.26. The van der Waals surface area contributed by atoms with Crippen molar-refractivity contribution in [2.45, 2.75) is 63.1 Å². The maximum Gasteiger partial charge on any atom is 0.264 e. The molecule has 0 aromatic heterocycles. The maximum absolute atomic E-state index is 14.1. The Morgan fingerprint density at radius 1 is 0.951 bits per heavy atom. The highest BCUT2D eigenvalue weighted by Crippen LogP contribution is 2.33. The fourth-order valence-corrected chi connectivity index (χ4v) is 6.91. The molecule has 0 spiro atoms. The quantitative estimate of drug-likeness (QED) is 0.271. The van der Waals surface area contributed by atoms with Crippen LogP contribution in [0.2, 0.25) is 15.1 Å². The van der Waals surface area contributed by atoms with Crippen LogP contribution in [0.4, 0.5) is 5.69 Å². The summed E-state index contributed by atoms with van der Waals surface area (Å²) in [5, 5.41) is 3.88. The summed E-state index contributed by atoms with van der Waals surface area (Å²) in [6.45, 7) is 2.91. The van der Waals surface area contributed by atoms with E-state index in [2.05, 4.69) is 5.32 Å². The molecular formula is C30H32Cl3N3O4S. The van der Waals surface area contributed by atoms with Crippen LogP contribution >= 0.6 is 34.8 Å². The van der Waals surface area contributed by atoms with Gasteiger partial charge in [0.15, 0.2) is 0 Å². The Labute approximate surface area is 256 Å². The van der Waals surface area contributed by atoms with E-state index in [4.69, 9.17) is 34.8 Å². The fourth-order valence-electron chi connectivity index (χ4n) is 4.83. The first kappa shape index (κ1) is 31.2. The Hall–Kier alpha value is -2.78. The molecule has 0 unspecified atom stereocenters. The molecule has 1 saturated carbocycles. The van der Waals surface area contributed by atoms with Crippen molar-refractivity contribution in [3.63, 3.8) is 0 Å². The molecule has 0 saturated heterocycles. The number of nitrogens with zero attached hydrogens (tertiary/aromatic N) is 2.